The van der Waals surface area contributed by atoms with E-state index in [-0.39, 0.29) is 18.8 Å². The lowest BCUT2D eigenvalue weighted by molar-refractivity contribution is 0.0533. The molecule has 2 heterocycles. The minimum absolute atomic E-state index is 0.0959. The number of benzene rings is 2. The van der Waals surface area contributed by atoms with Crippen molar-refractivity contribution in [2.24, 2.45) is 0 Å². The molecule has 2 aromatic heterocycles. The molecule has 0 amide bonds. The van der Waals surface area contributed by atoms with Crippen molar-refractivity contribution in [1.82, 2.24) is 9.13 Å². The maximum atomic E-state index is 12.1. The molecular formula is C30H36N2O5. The van der Waals surface area contributed by atoms with Gasteiger partial charge in [0.2, 0.25) is 0 Å². The molecule has 0 radical (unpaired) electrons. The lowest BCUT2D eigenvalue weighted by atomic mass is 10.1. The van der Waals surface area contributed by atoms with Crippen molar-refractivity contribution in [2.45, 2.75) is 59.2 Å². The zero-order valence-electron chi connectivity index (χ0n) is 22.4. The molecule has 0 atom stereocenters. The Labute approximate surface area is 217 Å². The van der Waals surface area contributed by atoms with Crippen LogP contribution in [0.5, 0.6) is 0 Å². The van der Waals surface area contributed by atoms with E-state index in [1.165, 1.54) is 9.13 Å². The molecule has 0 fully saturated rings. The Morgan fingerprint density at radius 2 is 1.38 bits per heavy atom. The van der Waals surface area contributed by atoms with Crippen molar-refractivity contribution in [3.63, 3.8) is 0 Å². The van der Waals surface area contributed by atoms with E-state index in [1.807, 2.05) is 90.1 Å². The first-order chi connectivity index (χ1) is 17.3. The fourth-order valence-corrected chi connectivity index (χ4v) is 3.69. The van der Waals surface area contributed by atoms with Crippen molar-refractivity contribution in [2.75, 3.05) is 6.61 Å². The van der Waals surface area contributed by atoms with Gasteiger partial charge in [0, 0.05) is 29.8 Å². The van der Waals surface area contributed by atoms with Crippen LogP contribution in [0.25, 0.3) is 27.9 Å². The van der Waals surface area contributed by atoms with Gasteiger partial charge in [-0.15, -0.1) is 0 Å². The highest BCUT2D eigenvalue weighted by molar-refractivity contribution is 5.91. The summed E-state index contributed by atoms with van der Waals surface area (Å²) in [7, 11) is 0. The number of hydrogen-bond donors (Lipinski definition) is 1. The Hall–Kier alpha value is -3.84. The first kappa shape index (κ1) is 27.7. The highest BCUT2D eigenvalue weighted by Crippen LogP contribution is 2.21. The van der Waals surface area contributed by atoms with Gasteiger partial charge in [0.25, 0.3) is 0 Å². The van der Waals surface area contributed by atoms with Crippen LogP contribution in [0.1, 0.15) is 52.7 Å². The summed E-state index contributed by atoms with van der Waals surface area (Å²) in [6.45, 7) is 14.9. The number of aliphatic hydroxyl groups is 1. The predicted octanol–water partition coefficient (Wildman–Crippen LogP) is 7.03. The zero-order chi connectivity index (χ0) is 27.4. The molecule has 7 heteroatoms. The summed E-state index contributed by atoms with van der Waals surface area (Å²) < 4.78 is 13.7. The molecule has 1 N–H and O–H groups in total. The van der Waals surface area contributed by atoms with E-state index >= 15 is 0 Å². The Morgan fingerprint density at radius 1 is 0.811 bits per heavy atom. The molecule has 196 valence electrons. The third-order valence-electron chi connectivity index (χ3n) is 5.29. The zero-order valence-corrected chi connectivity index (χ0v) is 22.4. The SMILES string of the molecule is C=Cc1ccc2c(ccn2C(=O)OC(C)(C)C)c1.CC(C)(C)OC(=O)n1ccc2ccc(CCO)cc21. The highest BCUT2D eigenvalue weighted by Gasteiger charge is 2.20. The van der Waals surface area contributed by atoms with Gasteiger partial charge in [0.15, 0.2) is 0 Å². The number of fused-ring (bicyclic) bond motifs is 2. The molecule has 0 aliphatic carbocycles. The standard InChI is InChI=1S/C15H19NO3.C15H17NO2/c1-15(2,3)19-14(18)16-8-6-12-5-4-11(7-9-17)10-13(12)16;1-5-11-6-7-13-12(10-11)8-9-16(13)14(17)18-15(2,3)4/h4-6,8,10,17H,7,9H2,1-3H3;5-10H,1H2,2-4H3. The van der Waals surface area contributed by atoms with Crippen LogP contribution in [0.2, 0.25) is 0 Å². The lowest BCUT2D eigenvalue weighted by Gasteiger charge is -2.19. The monoisotopic (exact) mass is 504 g/mol. The minimum Gasteiger partial charge on any atom is -0.443 e. The van der Waals surface area contributed by atoms with Crippen LogP contribution in [0.15, 0.2) is 67.5 Å². The van der Waals surface area contributed by atoms with E-state index in [9.17, 15) is 9.59 Å². The predicted molar refractivity (Wildman–Crippen MR) is 148 cm³/mol. The molecule has 0 bridgehead atoms. The van der Waals surface area contributed by atoms with Crippen LogP contribution < -0.4 is 0 Å². The van der Waals surface area contributed by atoms with Crippen LogP contribution in [-0.2, 0) is 15.9 Å². The normalized spacial score (nSPS) is 11.6. The van der Waals surface area contributed by atoms with Crippen molar-refractivity contribution in [3.8, 4) is 0 Å². The highest BCUT2D eigenvalue weighted by atomic mass is 16.6. The van der Waals surface area contributed by atoms with Gasteiger partial charge in [0.1, 0.15) is 11.2 Å². The van der Waals surface area contributed by atoms with E-state index in [2.05, 4.69) is 6.58 Å². The number of aliphatic hydroxyl groups excluding tert-OH is 1. The van der Waals surface area contributed by atoms with Crippen molar-refractivity contribution < 1.29 is 24.2 Å². The topological polar surface area (TPSA) is 82.7 Å². The van der Waals surface area contributed by atoms with E-state index in [0.717, 1.165) is 32.9 Å². The van der Waals surface area contributed by atoms with Gasteiger partial charge in [-0.1, -0.05) is 30.9 Å². The maximum Gasteiger partial charge on any atom is 0.418 e. The van der Waals surface area contributed by atoms with Gasteiger partial charge in [-0.25, -0.2) is 9.59 Å². The summed E-state index contributed by atoms with van der Waals surface area (Å²) in [6.07, 6.45) is 5.06. The van der Waals surface area contributed by atoms with E-state index in [4.69, 9.17) is 14.6 Å². The number of rotatable bonds is 3. The molecule has 0 unspecified atom stereocenters. The molecule has 0 spiro atoms. The van der Waals surface area contributed by atoms with Gasteiger partial charge in [-0.3, -0.25) is 9.13 Å². The second-order valence-corrected chi connectivity index (χ2v) is 10.7. The van der Waals surface area contributed by atoms with E-state index < -0.39 is 11.2 Å². The number of aromatic nitrogens is 2. The van der Waals surface area contributed by atoms with Crippen LogP contribution >= 0.6 is 0 Å². The Kier molecular flexibility index (Phi) is 8.28. The Balaban J connectivity index is 0.000000206. The number of hydrogen-bond acceptors (Lipinski definition) is 5. The summed E-state index contributed by atoms with van der Waals surface area (Å²) in [5.41, 5.74) is 2.67. The van der Waals surface area contributed by atoms with Gasteiger partial charge in [0.05, 0.1) is 11.0 Å². The summed E-state index contributed by atoms with van der Waals surface area (Å²) in [6, 6.07) is 15.4. The molecule has 4 rings (SSSR count). The summed E-state index contributed by atoms with van der Waals surface area (Å²) >= 11 is 0. The van der Waals surface area contributed by atoms with Gasteiger partial charge >= 0.3 is 12.2 Å². The largest absolute Gasteiger partial charge is 0.443 e. The number of nitrogens with zero attached hydrogens (tertiary/aromatic N) is 2. The average molecular weight is 505 g/mol. The van der Waals surface area contributed by atoms with Crippen LogP contribution in [0.4, 0.5) is 9.59 Å². The molecule has 0 aliphatic heterocycles. The molecular weight excluding hydrogens is 468 g/mol. The Bertz CT molecular complexity index is 1410. The molecule has 4 aromatic rings. The third-order valence-corrected chi connectivity index (χ3v) is 5.29. The van der Waals surface area contributed by atoms with Gasteiger partial charge < -0.3 is 14.6 Å². The molecule has 2 aromatic carbocycles. The maximum absolute atomic E-state index is 12.1. The fourth-order valence-electron chi connectivity index (χ4n) is 3.69. The summed E-state index contributed by atoms with van der Waals surface area (Å²) in [5.74, 6) is 0. The smallest absolute Gasteiger partial charge is 0.418 e. The molecule has 0 saturated carbocycles. The average Bonchev–Trinajstić information content (AvgIpc) is 3.41. The second kappa shape index (κ2) is 11.0. The second-order valence-electron chi connectivity index (χ2n) is 10.7. The number of carbonyl (C=O) groups excluding carboxylic acids is 2. The van der Waals surface area contributed by atoms with E-state index in [0.29, 0.717) is 6.42 Å². The quantitative estimate of drug-likeness (QED) is 0.324. The van der Waals surface area contributed by atoms with E-state index in [1.54, 1.807) is 18.5 Å². The van der Waals surface area contributed by atoms with Crippen LogP contribution in [0, 0.1) is 0 Å². The van der Waals surface area contributed by atoms with Gasteiger partial charge in [-0.05, 0) is 89.4 Å². The van der Waals surface area contributed by atoms with Crippen LogP contribution in [0.3, 0.4) is 0 Å². The number of carbonyl (C=O) groups is 2. The summed E-state index contributed by atoms with van der Waals surface area (Å²) in [5, 5.41) is 11.0. The third kappa shape index (κ3) is 7.33. The molecule has 0 aliphatic rings. The molecule has 7 nitrogen and oxygen atoms in total. The van der Waals surface area contributed by atoms with Crippen molar-refractivity contribution in [1.29, 1.82) is 0 Å². The molecule has 37 heavy (non-hydrogen) atoms. The first-order valence-corrected chi connectivity index (χ1v) is 12.2. The van der Waals surface area contributed by atoms with Crippen molar-refractivity contribution in [3.05, 3.63) is 78.6 Å². The van der Waals surface area contributed by atoms with Crippen LogP contribution in [-0.4, -0.2) is 44.2 Å². The number of ether oxygens (including phenoxy) is 2. The first-order valence-electron chi connectivity index (χ1n) is 12.2. The van der Waals surface area contributed by atoms with Crippen molar-refractivity contribution >= 4 is 40.1 Å². The molecule has 0 saturated heterocycles. The Morgan fingerprint density at radius 3 is 1.92 bits per heavy atom. The lowest BCUT2D eigenvalue weighted by Crippen LogP contribution is -2.26. The van der Waals surface area contributed by atoms with Gasteiger partial charge in [-0.2, -0.15) is 0 Å². The fraction of sp³-hybridized carbons (Fsp3) is 0.333. The minimum atomic E-state index is -0.517. The summed E-state index contributed by atoms with van der Waals surface area (Å²) in [4.78, 5) is 24.1.